The van der Waals surface area contributed by atoms with E-state index in [2.05, 4.69) is 5.32 Å². The Bertz CT molecular complexity index is 354. The summed E-state index contributed by atoms with van der Waals surface area (Å²) in [5.41, 5.74) is 1.13. The van der Waals surface area contributed by atoms with Crippen LogP contribution in [0.25, 0.3) is 0 Å². The first-order valence-corrected chi connectivity index (χ1v) is 5.81. The standard InChI is InChI=1S/C13H19NO3/c1-9(2)7-8-14-12(15)10-5-3-4-6-11(10)13(16)17/h3-4,7,10-11H,5-6,8H2,1-2H3,(H,14,15)(H,16,17)/t10-,11+/m1/s1. The monoisotopic (exact) mass is 237 g/mol. The number of allylic oxidation sites excluding steroid dienone is 3. The van der Waals surface area contributed by atoms with Gasteiger partial charge < -0.3 is 10.4 Å². The van der Waals surface area contributed by atoms with Crippen molar-refractivity contribution in [3.63, 3.8) is 0 Å². The van der Waals surface area contributed by atoms with Crippen LogP contribution in [0.4, 0.5) is 0 Å². The highest BCUT2D eigenvalue weighted by molar-refractivity contribution is 5.85. The lowest BCUT2D eigenvalue weighted by molar-refractivity contribution is -0.147. The van der Waals surface area contributed by atoms with Gasteiger partial charge in [-0.2, -0.15) is 0 Å². The summed E-state index contributed by atoms with van der Waals surface area (Å²) in [4.78, 5) is 22.9. The van der Waals surface area contributed by atoms with Gasteiger partial charge in [-0.15, -0.1) is 0 Å². The van der Waals surface area contributed by atoms with Gasteiger partial charge >= 0.3 is 5.97 Å². The third-order valence-corrected chi connectivity index (χ3v) is 2.87. The van der Waals surface area contributed by atoms with Crippen molar-refractivity contribution in [2.24, 2.45) is 11.8 Å². The average Bonchev–Trinajstić information content (AvgIpc) is 2.28. The lowest BCUT2D eigenvalue weighted by atomic mass is 9.82. The molecule has 17 heavy (non-hydrogen) atoms. The molecule has 0 aromatic carbocycles. The topological polar surface area (TPSA) is 66.4 Å². The number of amides is 1. The third-order valence-electron chi connectivity index (χ3n) is 2.87. The number of rotatable bonds is 4. The number of carbonyl (C=O) groups is 2. The maximum Gasteiger partial charge on any atom is 0.307 e. The molecule has 4 nitrogen and oxygen atoms in total. The maximum absolute atomic E-state index is 11.9. The highest BCUT2D eigenvalue weighted by atomic mass is 16.4. The van der Waals surface area contributed by atoms with E-state index >= 15 is 0 Å². The van der Waals surface area contributed by atoms with Crippen LogP contribution in [0, 0.1) is 11.8 Å². The predicted molar refractivity (Wildman–Crippen MR) is 65.4 cm³/mol. The normalized spacial score (nSPS) is 22.9. The SMILES string of the molecule is CC(C)=CCNC(=O)[C@@H]1CC=CC[C@@H]1C(=O)O. The molecule has 1 aliphatic rings. The Morgan fingerprint density at radius 3 is 2.41 bits per heavy atom. The fourth-order valence-electron chi connectivity index (χ4n) is 1.86. The van der Waals surface area contributed by atoms with Crippen molar-refractivity contribution < 1.29 is 14.7 Å². The van der Waals surface area contributed by atoms with E-state index in [1.807, 2.05) is 32.1 Å². The fraction of sp³-hybridized carbons (Fsp3) is 0.538. The Kier molecular flexibility index (Phi) is 4.94. The molecule has 2 N–H and O–H groups in total. The van der Waals surface area contributed by atoms with Crippen molar-refractivity contribution in [2.75, 3.05) is 6.54 Å². The molecule has 0 heterocycles. The second-order valence-electron chi connectivity index (χ2n) is 4.52. The first-order valence-electron chi connectivity index (χ1n) is 5.81. The number of nitrogens with one attached hydrogen (secondary N) is 1. The van der Waals surface area contributed by atoms with Crippen molar-refractivity contribution in [3.8, 4) is 0 Å². The molecular formula is C13H19NO3. The van der Waals surface area contributed by atoms with Crippen molar-refractivity contribution in [3.05, 3.63) is 23.8 Å². The zero-order chi connectivity index (χ0) is 12.8. The minimum Gasteiger partial charge on any atom is -0.481 e. The molecule has 0 aliphatic heterocycles. The fourth-order valence-corrected chi connectivity index (χ4v) is 1.86. The van der Waals surface area contributed by atoms with Crippen molar-refractivity contribution in [1.82, 2.24) is 5.32 Å². The van der Waals surface area contributed by atoms with E-state index < -0.39 is 17.8 Å². The van der Waals surface area contributed by atoms with Gasteiger partial charge in [0, 0.05) is 6.54 Å². The molecular weight excluding hydrogens is 218 g/mol. The molecule has 0 bridgehead atoms. The van der Waals surface area contributed by atoms with Gasteiger partial charge in [0.2, 0.25) is 5.91 Å². The van der Waals surface area contributed by atoms with Crippen LogP contribution in [0.2, 0.25) is 0 Å². The van der Waals surface area contributed by atoms with E-state index in [4.69, 9.17) is 5.11 Å². The summed E-state index contributed by atoms with van der Waals surface area (Å²) < 4.78 is 0. The van der Waals surface area contributed by atoms with Crippen LogP contribution in [0.1, 0.15) is 26.7 Å². The summed E-state index contributed by atoms with van der Waals surface area (Å²) in [6, 6.07) is 0. The first kappa shape index (κ1) is 13.5. The zero-order valence-corrected chi connectivity index (χ0v) is 10.3. The van der Waals surface area contributed by atoms with E-state index in [0.29, 0.717) is 19.4 Å². The van der Waals surface area contributed by atoms with Crippen molar-refractivity contribution in [2.45, 2.75) is 26.7 Å². The Morgan fingerprint density at radius 2 is 1.88 bits per heavy atom. The predicted octanol–water partition coefficient (Wildman–Crippen LogP) is 1.74. The van der Waals surface area contributed by atoms with Gasteiger partial charge in [0.25, 0.3) is 0 Å². The number of carboxylic acid groups (broad SMARTS) is 1. The molecule has 0 aromatic rings. The van der Waals surface area contributed by atoms with Crippen LogP contribution >= 0.6 is 0 Å². The average molecular weight is 237 g/mol. The zero-order valence-electron chi connectivity index (χ0n) is 10.3. The van der Waals surface area contributed by atoms with Crippen LogP contribution in [0.15, 0.2) is 23.8 Å². The number of aliphatic carboxylic acids is 1. The lowest BCUT2D eigenvalue weighted by Gasteiger charge is -2.23. The molecule has 1 amide bonds. The van der Waals surface area contributed by atoms with E-state index in [1.165, 1.54) is 0 Å². The summed E-state index contributed by atoms with van der Waals surface area (Å²) in [7, 11) is 0. The second kappa shape index (κ2) is 6.23. The molecule has 0 unspecified atom stereocenters. The van der Waals surface area contributed by atoms with Gasteiger partial charge in [0.1, 0.15) is 0 Å². The first-order chi connectivity index (χ1) is 8.02. The minimum atomic E-state index is -0.892. The van der Waals surface area contributed by atoms with E-state index in [9.17, 15) is 9.59 Å². The van der Waals surface area contributed by atoms with Gasteiger partial charge in [-0.05, 0) is 26.7 Å². The van der Waals surface area contributed by atoms with Gasteiger partial charge in [0.15, 0.2) is 0 Å². The Labute approximate surface area is 101 Å². The molecule has 0 saturated heterocycles. The van der Waals surface area contributed by atoms with Crippen molar-refractivity contribution in [1.29, 1.82) is 0 Å². The Balaban J connectivity index is 2.57. The molecule has 0 saturated carbocycles. The Morgan fingerprint density at radius 1 is 1.29 bits per heavy atom. The summed E-state index contributed by atoms with van der Waals surface area (Å²) in [6.45, 7) is 4.37. The quantitative estimate of drug-likeness (QED) is 0.732. The molecule has 2 atom stereocenters. The Hall–Kier alpha value is -1.58. The third kappa shape index (κ3) is 4.06. The highest BCUT2D eigenvalue weighted by Gasteiger charge is 2.33. The molecule has 94 valence electrons. The smallest absolute Gasteiger partial charge is 0.307 e. The van der Waals surface area contributed by atoms with E-state index in [1.54, 1.807) is 0 Å². The van der Waals surface area contributed by atoms with Crippen LogP contribution in [0.5, 0.6) is 0 Å². The largest absolute Gasteiger partial charge is 0.481 e. The van der Waals surface area contributed by atoms with Gasteiger partial charge in [-0.25, -0.2) is 0 Å². The molecule has 0 radical (unpaired) electrons. The van der Waals surface area contributed by atoms with Gasteiger partial charge in [-0.1, -0.05) is 23.8 Å². The second-order valence-corrected chi connectivity index (χ2v) is 4.52. The number of carbonyl (C=O) groups excluding carboxylic acids is 1. The number of hydrogen-bond donors (Lipinski definition) is 2. The summed E-state index contributed by atoms with van der Waals surface area (Å²) in [5.74, 6) is -2.09. The van der Waals surface area contributed by atoms with Crippen molar-refractivity contribution >= 4 is 11.9 Å². The van der Waals surface area contributed by atoms with Crippen LogP contribution < -0.4 is 5.32 Å². The lowest BCUT2D eigenvalue weighted by Crippen LogP contribution is -2.38. The summed E-state index contributed by atoms with van der Waals surface area (Å²) in [5, 5.41) is 11.8. The van der Waals surface area contributed by atoms with E-state index in [0.717, 1.165) is 5.57 Å². The summed E-state index contributed by atoms with van der Waals surface area (Å²) in [6.07, 6.45) is 6.57. The number of carboxylic acids is 1. The van der Waals surface area contributed by atoms with Crippen LogP contribution in [-0.2, 0) is 9.59 Å². The van der Waals surface area contributed by atoms with Crippen LogP contribution in [-0.4, -0.2) is 23.5 Å². The van der Waals surface area contributed by atoms with Crippen LogP contribution in [0.3, 0.4) is 0 Å². The maximum atomic E-state index is 11.9. The van der Waals surface area contributed by atoms with Gasteiger partial charge in [-0.3, -0.25) is 9.59 Å². The molecule has 1 rings (SSSR count). The highest BCUT2D eigenvalue weighted by Crippen LogP contribution is 2.25. The molecule has 1 aliphatic carbocycles. The molecule has 0 fully saturated rings. The molecule has 4 heteroatoms. The van der Waals surface area contributed by atoms with Gasteiger partial charge in [0.05, 0.1) is 11.8 Å². The molecule has 0 aromatic heterocycles. The summed E-state index contributed by atoms with van der Waals surface area (Å²) >= 11 is 0. The molecule has 0 spiro atoms. The van der Waals surface area contributed by atoms with E-state index in [-0.39, 0.29) is 5.91 Å². The number of hydrogen-bond acceptors (Lipinski definition) is 2. The minimum absolute atomic E-state index is 0.167.